The Bertz CT molecular complexity index is 390. The molecule has 5 heteroatoms. The van der Waals surface area contributed by atoms with Gasteiger partial charge >= 0.3 is 0 Å². The summed E-state index contributed by atoms with van der Waals surface area (Å²) in [5, 5.41) is 14.6. The van der Waals surface area contributed by atoms with Crippen molar-refractivity contribution in [2.45, 2.75) is 68.0 Å². The van der Waals surface area contributed by atoms with Crippen LogP contribution < -0.4 is 0 Å². The topological polar surface area (TPSA) is 59.2 Å². The van der Waals surface area contributed by atoms with E-state index < -0.39 is 0 Å². The summed E-state index contributed by atoms with van der Waals surface area (Å²) in [6, 6.07) is 0. The summed E-state index contributed by atoms with van der Waals surface area (Å²) in [5.41, 5.74) is 0. The highest BCUT2D eigenvalue weighted by Gasteiger charge is 2.31. The lowest BCUT2D eigenvalue weighted by atomic mass is 10.1. The van der Waals surface area contributed by atoms with Crippen molar-refractivity contribution in [1.82, 2.24) is 10.1 Å². The van der Waals surface area contributed by atoms with Crippen molar-refractivity contribution in [3.05, 3.63) is 11.7 Å². The molecule has 2 unspecified atom stereocenters. The van der Waals surface area contributed by atoms with Gasteiger partial charge in [-0.15, -0.1) is 0 Å². The van der Waals surface area contributed by atoms with Crippen LogP contribution in [0.4, 0.5) is 0 Å². The molecule has 0 aliphatic heterocycles. The second-order valence-corrected chi connectivity index (χ2v) is 6.66. The van der Waals surface area contributed by atoms with E-state index in [0.717, 1.165) is 36.1 Å². The van der Waals surface area contributed by atoms with Crippen LogP contribution in [-0.2, 0) is 5.75 Å². The fraction of sp³-hybridized carbons (Fsp3) is 0.846. The third kappa shape index (κ3) is 2.72. The van der Waals surface area contributed by atoms with Gasteiger partial charge in [0.05, 0.1) is 17.8 Å². The zero-order valence-electron chi connectivity index (χ0n) is 10.5. The first-order valence-electron chi connectivity index (χ1n) is 6.95. The summed E-state index contributed by atoms with van der Waals surface area (Å²) in [4.78, 5) is 4.45. The predicted octanol–water partition coefficient (Wildman–Crippen LogP) is 2.87. The molecule has 3 rings (SSSR count). The van der Waals surface area contributed by atoms with Gasteiger partial charge in [-0.05, 0) is 32.1 Å². The van der Waals surface area contributed by atoms with Crippen LogP contribution in [0.3, 0.4) is 0 Å². The zero-order chi connectivity index (χ0) is 12.4. The smallest absolute Gasteiger partial charge is 0.232 e. The molecule has 18 heavy (non-hydrogen) atoms. The number of hydrogen-bond donors (Lipinski definition) is 1. The Kier molecular flexibility index (Phi) is 3.89. The third-order valence-corrected chi connectivity index (χ3v) is 5.40. The van der Waals surface area contributed by atoms with Crippen LogP contribution in [0.2, 0.25) is 0 Å². The molecule has 1 aromatic rings. The third-order valence-electron chi connectivity index (χ3n) is 4.03. The average Bonchev–Trinajstić information content (AvgIpc) is 3.07. The number of aromatic nitrogens is 2. The van der Waals surface area contributed by atoms with Crippen molar-refractivity contribution in [2.75, 3.05) is 0 Å². The Morgan fingerprint density at radius 2 is 2.00 bits per heavy atom. The summed E-state index contributed by atoms with van der Waals surface area (Å²) >= 11 is 1.95. The lowest BCUT2D eigenvalue weighted by Crippen LogP contribution is -2.11. The van der Waals surface area contributed by atoms with Crippen molar-refractivity contribution in [1.29, 1.82) is 0 Å². The van der Waals surface area contributed by atoms with Gasteiger partial charge in [-0.25, -0.2) is 0 Å². The highest BCUT2D eigenvalue weighted by atomic mass is 32.2. The molecule has 1 heterocycles. The molecule has 1 N–H and O–H groups in total. The minimum absolute atomic E-state index is 0.0720. The Labute approximate surface area is 112 Å². The van der Waals surface area contributed by atoms with Crippen molar-refractivity contribution in [2.24, 2.45) is 0 Å². The molecular weight excluding hydrogens is 248 g/mol. The first kappa shape index (κ1) is 12.5. The second-order valence-electron chi connectivity index (χ2n) is 5.37. The summed E-state index contributed by atoms with van der Waals surface area (Å²) < 4.78 is 5.30. The van der Waals surface area contributed by atoms with E-state index in [4.69, 9.17) is 4.52 Å². The van der Waals surface area contributed by atoms with Crippen LogP contribution in [0.25, 0.3) is 0 Å². The largest absolute Gasteiger partial charge is 0.392 e. The van der Waals surface area contributed by atoms with E-state index in [2.05, 4.69) is 10.1 Å². The summed E-state index contributed by atoms with van der Waals surface area (Å²) in [6.07, 6.45) is 7.99. The fourth-order valence-corrected chi connectivity index (χ4v) is 4.12. The molecule has 2 aliphatic rings. The quantitative estimate of drug-likeness (QED) is 0.910. The van der Waals surface area contributed by atoms with Crippen LogP contribution in [0.15, 0.2) is 4.52 Å². The molecule has 0 aromatic carbocycles. The number of aliphatic hydroxyl groups excluding tert-OH is 1. The van der Waals surface area contributed by atoms with Gasteiger partial charge in [-0.2, -0.15) is 16.7 Å². The van der Waals surface area contributed by atoms with Crippen molar-refractivity contribution in [3.8, 4) is 0 Å². The standard InChI is InChI=1S/C13H20N2O2S/c16-11-7-3-6-10(11)13-14-12(15-17-13)8-18-9-4-1-2-5-9/h9-11,16H,1-8H2. The molecule has 0 spiro atoms. The summed E-state index contributed by atoms with van der Waals surface area (Å²) in [6.45, 7) is 0. The molecule has 0 saturated heterocycles. The van der Waals surface area contributed by atoms with Gasteiger partial charge in [0.25, 0.3) is 0 Å². The molecule has 2 atom stereocenters. The maximum Gasteiger partial charge on any atom is 0.232 e. The van der Waals surface area contributed by atoms with E-state index in [0.29, 0.717) is 5.89 Å². The molecule has 0 amide bonds. The van der Waals surface area contributed by atoms with E-state index in [9.17, 15) is 5.11 Å². The minimum Gasteiger partial charge on any atom is -0.392 e. The van der Waals surface area contributed by atoms with Crippen LogP contribution in [0.5, 0.6) is 0 Å². The van der Waals surface area contributed by atoms with Crippen molar-refractivity contribution in [3.63, 3.8) is 0 Å². The molecule has 2 aliphatic carbocycles. The fourth-order valence-electron chi connectivity index (χ4n) is 2.95. The lowest BCUT2D eigenvalue weighted by Gasteiger charge is -2.08. The van der Waals surface area contributed by atoms with Gasteiger partial charge in [-0.1, -0.05) is 18.0 Å². The van der Waals surface area contributed by atoms with Gasteiger partial charge in [0, 0.05) is 5.25 Å². The van der Waals surface area contributed by atoms with Crippen LogP contribution >= 0.6 is 11.8 Å². The Morgan fingerprint density at radius 3 is 2.72 bits per heavy atom. The Balaban J connectivity index is 1.55. The molecular formula is C13H20N2O2S. The maximum absolute atomic E-state index is 9.82. The highest BCUT2D eigenvalue weighted by Crippen LogP contribution is 2.34. The summed E-state index contributed by atoms with van der Waals surface area (Å²) in [5.74, 6) is 2.35. The molecule has 2 fully saturated rings. The first-order valence-corrected chi connectivity index (χ1v) is 8.00. The maximum atomic E-state index is 9.82. The van der Waals surface area contributed by atoms with Gasteiger partial charge in [0.15, 0.2) is 5.82 Å². The van der Waals surface area contributed by atoms with E-state index in [1.165, 1.54) is 25.7 Å². The van der Waals surface area contributed by atoms with E-state index in [-0.39, 0.29) is 12.0 Å². The predicted molar refractivity (Wildman–Crippen MR) is 70.4 cm³/mol. The Hall–Kier alpha value is -0.550. The van der Waals surface area contributed by atoms with Crippen LogP contribution in [0, 0.1) is 0 Å². The van der Waals surface area contributed by atoms with E-state index >= 15 is 0 Å². The molecule has 0 radical (unpaired) electrons. The van der Waals surface area contributed by atoms with Crippen molar-refractivity contribution < 1.29 is 9.63 Å². The number of hydrogen-bond acceptors (Lipinski definition) is 5. The SMILES string of the molecule is OC1CCCC1c1nc(CSC2CCCC2)no1. The highest BCUT2D eigenvalue weighted by molar-refractivity contribution is 7.99. The molecule has 100 valence electrons. The number of thioether (sulfide) groups is 1. The molecule has 2 saturated carbocycles. The molecule has 1 aromatic heterocycles. The first-order chi connectivity index (χ1) is 8.83. The number of aliphatic hydroxyl groups is 1. The summed E-state index contributed by atoms with van der Waals surface area (Å²) in [7, 11) is 0. The average molecular weight is 268 g/mol. The van der Waals surface area contributed by atoms with E-state index in [1.54, 1.807) is 0 Å². The van der Waals surface area contributed by atoms with Crippen molar-refractivity contribution >= 4 is 11.8 Å². The Morgan fingerprint density at radius 1 is 1.17 bits per heavy atom. The second kappa shape index (κ2) is 5.61. The minimum atomic E-state index is -0.291. The number of rotatable bonds is 4. The van der Waals surface area contributed by atoms with E-state index in [1.807, 2.05) is 11.8 Å². The molecule has 0 bridgehead atoms. The van der Waals surface area contributed by atoms with Gasteiger partial charge in [-0.3, -0.25) is 0 Å². The lowest BCUT2D eigenvalue weighted by molar-refractivity contribution is 0.148. The van der Waals surface area contributed by atoms with Gasteiger partial charge < -0.3 is 9.63 Å². The van der Waals surface area contributed by atoms with Gasteiger partial charge in [0.2, 0.25) is 5.89 Å². The van der Waals surface area contributed by atoms with Crippen LogP contribution in [0.1, 0.15) is 62.6 Å². The van der Waals surface area contributed by atoms with Gasteiger partial charge in [0.1, 0.15) is 0 Å². The number of nitrogens with zero attached hydrogens (tertiary/aromatic N) is 2. The monoisotopic (exact) mass is 268 g/mol. The van der Waals surface area contributed by atoms with Crippen LogP contribution in [-0.4, -0.2) is 26.6 Å². The normalized spacial score (nSPS) is 29.2. The zero-order valence-corrected chi connectivity index (χ0v) is 11.4. The molecule has 4 nitrogen and oxygen atoms in total.